The largest absolute Gasteiger partial charge is 0.347 e. The van der Waals surface area contributed by atoms with E-state index in [1.165, 1.54) is 15.6 Å². The summed E-state index contributed by atoms with van der Waals surface area (Å²) in [5, 5.41) is 12.5. The molecule has 0 saturated carbocycles. The van der Waals surface area contributed by atoms with Crippen molar-refractivity contribution < 1.29 is 0 Å². The fraction of sp³-hybridized carbons (Fsp3) is 0.133. The van der Waals surface area contributed by atoms with Gasteiger partial charge in [0.2, 0.25) is 0 Å². The molecule has 0 bridgehead atoms. The molecule has 1 aromatic carbocycles. The number of hydrogen-bond donors (Lipinski definition) is 0. The van der Waals surface area contributed by atoms with Crippen molar-refractivity contribution in [1.29, 1.82) is 5.26 Å². The smallest absolute Gasteiger partial charge is 0.101 e. The highest BCUT2D eigenvalue weighted by Crippen LogP contribution is 2.35. The Kier molecular flexibility index (Phi) is 2.46. The number of thiophene rings is 1. The third kappa shape index (κ3) is 1.47. The number of nitrogens with zero attached hydrogens (tertiary/aromatic N) is 2. The van der Waals surface area contributed by atoms with E-state index in [2.05, 4.69) is 40.3 Å². The summed E-state index contributed by atoms with van der Waals surface area (Å²) in [7, 11) is 2.01. The first-order valence-corrected chi connectivity index (χ1v) is 6.63. The standard InChI is InChI=1S/C15H12N2S/c1-10-11(8-16)7-14(17(10)2)13-9-18-15-6-4-3-5-12(13)15/h3-7,9H,1-2H3. The van der Waals surface area contributed by atoms with Gasteiger partial charge in [-0.05, 0) is 19.1 Å². The van der Waals surface area contributed by atoms with Crippen LogP contribution < -0.4 is 0 Å². The van der Waals surface area contributed by atoms with Crippen molar-refractivity contribution in [2.45, 2.75) is 6.92 Å². The number of fused-ring (bicyclic) bond motifs is 1. The minimum atomic E-state index is 0.753. The summed E-state index contributed by atoms with van der Waals surface area (Å²) in [6, 6.07) is 12.6. The molecule has 0 aliphatic carbocycles. The zero-order valence-corrected chi connectivity index (χ0v) is 11.1. The minimum absolute atomic E-state index is 0.753. The second kappa shape index (κ2) is 4.01. The monoisotopic (exact) mass is 252 g/mol. The van der Waals surface area contributed by atoms with Crippen molar-refractivity contribution in [3.05, 3.63) is 47.0 Å². The van der Waals surface area contributed by atoms with Gasteiger partial charge in [-0.2, -0.15) is 5.26 Å². The van der Waals surface area contributed by atoms with Gasteiger partial charge in [0.25, 0.3) is 0 Å². The Bertz CT molecular complexity index is 771. The van der Waals surface area contributed by atoms with Crippen LogP contribution in [0, 0.1) is 18.3 Å². The summed E-state index contributed by atoms with van der Waals surface area (Å²) in [5.74, 6) is 0. The molecule has 0 fully saturated rings. The van der Waals surface area contributed by atoms with Crippen LogP contribution >= 0.6 is 11.3 Å². The first-order valence-electron chi connectivity index (χ1n) is 5.75. The maximum absolute atomic E-state index is 9.11. The lowest BCUT2D eigenvalue weighted by atomic mass is 10.1. The highest BCUT2D eigenvalue weighted by Gasteiger charge is 2.13. The maximum atomic E-state index is 9.11. The summed E-state index contributed by atoms with van der Waals surface area (Å²) in [4.78, 5) is 0. The lowest BCUT2D eigenvalue weighted by Gasteiger charge is -2.03. The average Bonchev–Trinajstić information content (AvgIpc) is 2.93. The highest BCUT2D eigenvalue weighted by molar-refractivity contribution is 7.17. The van der Waals surface area contributed by atoms with Crippen molar-refractivity contribution in [1.82, 2.24) is 4.57 Å². The lowest BCUT2D eigenvalue weighted by molar-refractivity contribution is 0.890. The topological polar surface area (TPSA) is 28.7 Å². The summed E-state index contributed by atoms with van der Waals surface area (Å²) in [6.45, 7) is 1.98. The summed E-state index contributed by atoms with van der Waals surface area (Å²) in [5.41, 5.74) is 4.09. The van der Waals surface area contributed by atoms with E-state index in [0.29, 0.717) is 0 Å². The Balaban J connectivity index is 2.30. The summed E-state index contributed by atoms with van der Waals surface area (Å²) in [6.07, 6.45) is 0. The normalized spacial score (nSPS) is 10.7. The van der Waals surface area contributed by atoms with Gasteiger partial charge in [-0.3, -0.25) is 0 Å². The Morgan fingerprint density at radius 3 is 2.78 bits per heavy atom. The molecule has 2 nitrogen and oxygen atoms in total. The molecule has 3 heteroatoms. The van der Waals surface area contributed by atoms with E-state index in [9.17, 15) is 0 Å². The molecule has 0 aliphatic rings. The third-order valence-corrected chi connectivity index (χ3v) is 4.38. The van der Waals surface area contributed by atoms with Gasteiger partial charge in [0.15, 0.2) is 0 Å². The molecule has 18 heavy (non-hydrogen) atoms. The van der Waals surface area contributed by atoms with Gasteiger partial charge in [-0.1, -0.05) is 18.2 Å². The Hall–Kier alpha value is -2.05. The van der Waals surface area contributed by atoms with Crippen LogP contribution in [0.15, 0.2) is 35.7 Å². The second-order valence-electron chi connectivity index (χ2n) is 4.35. The van der Waals surface area contributed by atoms with E-state index in [0.717, 1.165) is 17.0 Å². The van der Waals surface area contributed by atoms with Gasteiger partial charge in [-0.25, -0.2) is 0 Å². The van der Waals surface area contributed by atoms with Crippen molar-refractivity contribution in [2.75, 3.05) is 0 Å². The molecule has 0 unspecified atom stereocenters. The molecular weight excluding hydrogens is 240 g/mol. The lowest BCUT2D eigenvalue weighted by Crippen LogP contribution is -1.93. The van der Waals surface area contributed by atoms with Gasteiger partial charge < -0.3 is 4.57 Å². The van der Waals surface area contributed by atoms with Gasteiger partial charge in [-0.15, -0.1) is 11.3 Å². The van der Waals surface area contributed by atoms with E-state index < -0.39 is 0 Å². The molecule has 88 valence electrons. The molecule has 2 heterocycles. The molecule has 3 aromatic rings. The predicted molar refractivity (Wildman–Crippen MR) is 75.7 cm³/mol. The number of aromatic nitrogens is 1. The van der Waals surface area contributed by atoms with E-state index in [4.69, 9.17) is 5.26 Å². The maximum Gasteiger partial charge on any atom is 0.101 e. The third-order valence-electron chi connectivity index (χ3n) is 3.41. The van der Waals surface area contributed by atoms with Crippen LogP contribution in [-0.4, -0.2) is 4.57 Å². The number of benzene rings is 1. The first kappa shape index (κ1) is 11.1. The first-order chi connectivity index (χ1) is 8.72. The Labute approximate surface area is 110 Å². The molecule has 0 saturated heterocycles. The molecule has 0 aliphatic heterocycles. The molecule has 0 N–H and O–H groups in total. The average molecular weight is 252 g/mol. The fourth-order valence-corrected chi connectivity index (χ4v) is 3.20. The van der Waals surface area contributed by atoms with Gasteiger partial charge >= 0.3 is 0 Å². The fourth-order valence-electron chi connectivity index (χ4n) is 2.25. The molecule has 3 rings (SSSR count). The predicted octanol–water partition coefficient (Wildman–Crippen LogP) is 4.09. The molecule has 2 aromatic heterocycles. The van der Waals surface area contributed by atoms with Crippen LogP contribution in [0.2, 0.25) is 0 Å². The van der Waals surface area contributed by atoms with E-state index in [1.54, 1.807) is 11.3 Å². The molecule has 0 spiro atoms. The van der Waals surface area contributed by atoms with E-state index >= 15 is 0 Å². The highest BCUT2D eigenvalue weighted by atomic mass is 32.1. The zero-order valence-electron chi connectivity index (χ0n) is 10.3. The van der Waals surface area contributed by atoms with Crippen molar-refractivity contribution in [3.63, 3.8) is 0 Å². The molecule has 0 amide bonds. The van der Waals surface area contributed by atoms with E-state index in [-0.39, 0.29) is 0 Å². The minimum Gasteiger partial charge on any atom is -0.347 e. The van der Waals surface area contributed by atoms with Gasteiger partial charge in [0.1, 0.15) is 6.07 Å². The van der Waals surface area contributed by atoms with Crippen LogP contribution in [0.3, 0.4) is 0 Å². The van der Waals surface area contributed by atoms with Gasteiger partial charge in [0, 0.05) is 33.8 Å². The summed E-state index contributed by atoms with van der Waals surface area (Å²) >= 11 is 1.74. The zero-order chi connectivity index (χ0) is 12.7. The molecule has 0 radical (unpaired) electrons. The number of hydrogen-bond acceptors (Lipinski definition) is 2. The van der Waals surface area contributed by atoms with Crippen LogP contribution in [0.5, 0.6) is 0 Å². The van der Waals surface area contributed by atoms with E-state index in [1.807, 2.05) is 20.0 Å². The number of nitriles is 1. The van der Waals surface area contributed by atoms with Crippen LogP contribution in [0.25, 0.3) is 21.3 Å². The molecular formula is C15H12N2S. The van der Waals surface area contributed by atoms with Gasteiger partial charge in [0.05, 0.1) is 11.3 Å². The van der Waals surface area contributed by atoms with Crippen LogP contribution in [-0.2, 0) is 7.05 Å². The SMILES string of the molecule is Cc1c(C#N)cc(-c2csc3ccccc23)n1C. The molecule has 0 atom stereocenters. The van der Waals surface area contributed by atoms with Crippen LogP contribution in [0.1, 0.15) is 11.3 Å². The number of rotatable bonds is 1. The second-order valence-corrected chi connectivity index (χ2v) is 5.26. The Morgan fingerprint density at radius 2 is 2.06 bits per heavy atom. The van der Waals surface area contributed by atoms with Crippen molar-refractivity contribution in [2.24, 2.45) is 7.05 Å². The van der Waals surface area contributed by atoms with Crippen molar-refractivity contribution in [3.8, 4) is 17.3 Å². The summed E-state index contributed by atoms with van der Waals surface area (Å²) < 4.78 is 3.37. The Morgan fingerprint density at radius 1 is 1.28 bits per heavy atom. The van der Waals surface area contributed by atoms with Crippen LogP contribution in [0.4, 0.5) is 0 Å². The quantitative estimate of drug-likeness (QED) is 0.641. The van der Waals surface area contributed by atoms with Crippen molar-refractivity contribution >= 4 is 21.4 Å².